The Hall–Kier alpha value is -2.63. The van der Waals surface area contributed by atoms with Gasteiger partial charge in [0, 0.05) is 5.69 Å². The molecule has 0 aliphatic carbocycles. The SMILES string of the molecule is CCC(CC)(CC(=O)O)NC(=O)c1cc(C)n(-c2ccc(C)cc2)n1. The number of amides is 1. The maximum Gasteiger partial charge on any atom is 0.305 e. The minimum atomic E-state index is -0.926. The van der Waals surface area contributed by atoms with Crippen molar-refractivity contribution in [2.75, 3.05) is 0 Å². The smallest absolute Gasteiger partial charge is 0.305 e. The van der Waals surface area contributed by atoms with Gasteiger partial charge in [0.25, 0.3) is 5.91 Å². The van der Waals surface area contributed by atoms with E-state index in [1.165, 1.54) is 0 Å². The van der Waals surface area contributed by atoms with Crippen molar-refractivity contribution in [1.29, 1.82) is 0 Å². The molecule has 0 aliphatic heterocycles. The summed E-state index contributed by atoms with van der Waals surface area (Å²) >= 11 is 0. The fourth-order valence-electron chi connectivity index (χ4n) is 2.85. The van der Waals surface area contributed by atoms with Crippen LogP contribution in [-0.2, 0) is 4.79 Å². The largest absolute Gasteiger partial charge is 0.481 e. The van der Waals surface area contributed by atoms with E-state index in [0.717, 1.165) is 16.9 Å². The lowest BCUT2D eigenvalue weighted by molar-refractivity contribution is -0.138. The van der Waals surface area contributed by atoms with Gasteiger partial charge in [0.15, 0.2) is 5.69 Å². The number of aryl methyl sites for hydroxylation is 2. The first-order valence-corrected chi connectivity index (χ1v) is 8.48. The van der Waals surface area contributed by atoms with E-state index >= 15 is 0 Å². The van der Waals surface area contributed by atoms with Crippen LogP contribution in [-0.4, -0.2) is 32.3 Å². The predicted octanol–water partition coefficient (Wildman–Crippen LogP) is 3.25. The second-order valence-electron chi connectivity index (χ2n) is 6.43. The zero-order chi connectivity index (χ0) is 18.6. The lowest BCUT2D eigenvalue weighted by Gasteiger charge is -2.31. The van der Waals surface area contributed by atoms with Gasteiger partial charge < -0.3 is 10.4 Å². The molecule has 2 N–H and O–H groups in total. The third kappa shape index (κ3) is 4.26. The van der Waals surface area contributed by atoms with Crippen molar-refractivity contribution in [3.05, 3.63) is 47.3 Å². The van der Waals surface area contributed by atoms with E-state index in [0.29, 0.717) is 12.8 Å². The van der Waals surface area contributed by atoms with Gasteiger partial charge in [-0.3, -0.25) is 9.59 Å². The molecule has 0 radical (unpaired) electrons. The number of carboxylic acid groups (broad SMARTS) is 1. The number of rotatable bonds is 7. The van der Waals surface area contributed by atoms with Crippen molar-refractivity contribution in [1.82, 2.24) is 15.1 Å². The second-order valence-corrected chi connectivity index (χ2v) is 6.43. The molecule has 1 amide bonds. The van der Waals surface area contributed by atoms with Crippen LogP contribution in [0.5, 0.6) is 0 Å². The van der Waals surface area contributed by atoms with E-state index in [9.17, 15) is 9.59 Å². The molecule has 0 bridgehead atoms. The number of carbonyl (C=O) groups is 2. The summed E-state index contributed by atoms with van der Waals surface area (Å²) in [6, 6.07) is 9.59. The zero-order valence-corrected chi connectivity index (χ0v) is 15.2. The summed E-state index contributed by atoms with van der Waals surface area (Å²) in [6.45, 7) is 7.65. The minimum Gasteiger partial charge on any atom is -0.481 e. The highest BCUT2D eigenvalue weighted by Crippen LogP contribution is 2.21. The maximum absolute atomic E-state index is 12.6. The number of aliphatic carboxylic acids is 1. The van der Waals surface area contributed by atoms with Crippen LogP contribution < -0.4 is 5.32 Å². The van der Waals surface area contributed by atoms with E-state index in [1.54, 1.807) is 10.7 Å². The Labute approximate surface area is 147 Å². The highest BCUT2D eigenvalue weighted by Gasteiger charge is 2.32. The summed E-state index contributed by atoms with van der Waals surface area (Å²) in [4.78, 5) is 23.8. The van der Waals surface area contributed by atoms with E-state index in [-0.39, 0.29) is 18.0 Å². The van der Waals surface area contributed by atoms with Gasteiger partial charge in [-0.25, -0.2) is 4.68 Å². The van der Waals surface area contributed by atoms with Crippen LogP contribution >= 0.6 is 0 Å². The molecular weight excluding hydrogens is 318 g/mol. The molecule has 6 nitrogen and oxygen atoms in total. The van der Waals surface area contributed by atoms with Crippen LogP contribution in [0.1, 0.15) is 54.9 Å². The Morgan fingerprint density at radius 2 is 1.76 bits per heavy atom. The molecule has 1 aromatic heterocycles. The molecule has 0 spiro atoms. The summed E-state index contributed by atoms with van der Waals surface area (Å²) in [5.74, 6) is -1.27. The monoisotopic (exact) mass is 343 g/mol. The van der Waals surface area contributed by atoms with Crippen LogP contribution in [0.2, 0.25) is 0 Å². The summed E-state index contributed by atoms with van der Waals surface area (Å²) in [6.07, 6.45) is 0.974. The third-order valence-corrected chi connectivity index (χ3v) is 4.62. The first-order chi connectivity index (χ1) is 11.8. The molecule has 1 aromatic carbocycles. The quantitative estimate of drug-likeness (QED) is 0.808. The highest BCUT2D eigenvalue weighted by atomic mass is 16.4. The van der Waals surface area contributed by atoms with Gasteiger partial charge >= 0.3 is 5.97 Å². The summed E-state index contributed by atoms with van der Waals surface area (Å²) in [7, 11) is 0. The Bertz CT molecular complexity index is 759. The van der Waals surface area contributed by atoms with E-state index in [4.69, 9.17) is 5.11 Å². The number of nitrogens with one attached hydrogen (secondary N) is 1. The first kappa shape index (κ1) is 18.7. The Morgan fingerprint density at radius 1 is 1.16 bits per heavy atom. The molecule has 0 aliphatic rings. The van der Waals surface area contributed by atoms with Crippen molar-refractivity contribution in [3.8, 4) is 5.69 Å². The number of hydrogen-bond donors (Lipinski definition) is 2. The highest BCUT2D eigenvalue weighted by molar-refractivity contribution is 5.93. The molecule has 1 heterocycles. The molecule has 0 saturated carbocycles. The second kappa shape index (κ2) is 7.51. The number of aromatic nitrogens is 2. The molecule has 0 atom stereocenters. The lowest BCUT2D eigenvalue weighted by atomic mass is 9.89. The molecule has 6 heteroatoms. The summed E-state index contributed by atoms with van der Waals surface area (Å²) in [5.41, 5.74) is 2.39. The maximum atomic E-state index is 12.6. The average Bonchev–Trinajstić information content (AvgIpc) is 2.96. The number of nitrogens with zero attached hydrogens (tertiary/aromatic N) is 2. The molecule has 2 rings (SSSR count). The van der Waals surface area contributed by atoms with Crippen molar-refractivity contribution in [2.24, 2.45) is 0 Å². The predicted molar refractivity (Wildman–Crippen MR) is 96.1 cm³/mol. The zero-order valence-electron chi connectivity index (χ0n) is 15.2. The van der Waals surface area contributed by atoms with Crippen LogP contribution in [0.4, 0.5) is 0 Å². The van der Waals surface area contributed by atoms with Crippen LogP contribution in [0.3, 0.4) is 0 Å². The molecule has 0 unspecified atom stereocenters. The van der Waals surface area contributed by atoms with Crippen molar-refractivity contribution in [2.45, 2.75) is 52.5 Å². The van der Waals surface area contributed by atoms with Crippen LogP contribution in [0.25, 0.3) is 5.69 Å². The van der Waals surface area contributed by atoms with Gasteiger partial charge in [0.05, 0.1) is 17.6 Å². The van der Waals surface area contributed by atoms with Crippen molar-refractivity contribution < 1.29 is 14.7 Å². The fourth-order valence-corrected chi connectivity index (χ4v) is 2.85. The topological polar surface area (TPSA) is 84.2 Å². The summed E-state index contributed by atoms with van der Waals surface area (Å²) < 4.78 is 1.71. The average molecular weight is 343 g/mol. The normalized spacial score (nSPS) is 11.4. The first-order valence-electron chi connectivity index (χ1n) is 8.48. The van der Waals surface area contributed by atoms with E-state index < -0.39 is 11.5 Å². The van der Waals surface area contributed by atoms with Crippen LogP contribution in [0.15, 0.2) is 30.3 Å². The van der Waals surface area contributed by atoms with Crippen LogP contribution in [0, 0.1) is 13.8 Å². The van der Waals surface area contributed by atoms with Gasteiger partial charge in [-0.05, 0) is 44.9 Å². The van der Waals surface area contributed by atoms with Crippen molar-refractivity contribution >= 4 is 11.9 Å². The Kier molecular flexibility index (Phi) is 5.62. The van der Waals surface area contributed by atoms with E-state index in [1.807, 2.05) is 52.0 Å². The Balaban J connectivity index is 2.26. The van der Waals surface area contributed by atoms with Gasteiger partial charge in [0.2, 0.25) is 0 Å². The van der Waals surface area contributed by atoms with Gasteiger partial charge in [-0.15, -0.1) is 0 Å². The third-order valence-electron chi connectivity index (χ3n) is 4.62. The standard InChI is InChI=1S/C19H25N3O3/c1-5-19(6-2,12-17(23)24)20-18(25)16-11-14(4)22(21-16)15-9-7-13(3)8-10-15/h7-11H,5-6,12H2,1-4H3,(H,20,25)(H,23,24). The number of hydrogen-bond acceptors (Lipinski definition) is 3. The van der Waals surface area contributed by atoms with Crippen molar-refractivity contribution in [3.63, 3.8) is 0 Å². The molecular formula is C19H25N3O3. The molecule has 25 heavy (non-hydrogen) atoms. The molecule has 2 aromatic rings. The molecule has 0 saturated heterocycles. The fraction of sp³-hybridized carbons (Fsp3) is 0.421. The lowest BCUT2D eigenvalue weighted by Crippen LogP contribution is -2.49. The van der Waals surface area contributed by atoms with Gasteiger partial charge in [-0.2, -0.15) is 5.10 Å². The molecule has 134 valence electrons. The number of carboxylic acids is 1. The molecule has 0 fully saturated rings. The van der Waals surface area contributed by atoms with E-state index in [2.05, 4.69) is 10.4 Å². The number of benzene rings is 1. The number of carbonyl (C=O) groups excluding carboxylic acids is 1. The summed E-state index contributed by atoms with van der Waals surface area (Å²) in [5, 5.41) is 16.4. The van der Waals surface area contributed by atoms with Gasteiger partial charge in [0.1, 0.15) is 0 Å². The minimum absolute atomic E-state index is 0.108. The van der Waals surface area contributed by atoms with Gasteiger partial charge in [-0.1, -0.05) is 31.5 Å². The Morgan fingerprint density at radius 3 is 2.28 bits per heavy atom.